The SMILES string of the molecule is Cc1cnc(C(=O)N2CCCC2c2ccnc3ncnn23)cn1. The van der Waals surface area contributed by atoms with Crippen molar-refractivity contribution < 1.29 is 4.79 Å². The molecule has 23 heavy (non-hydrogen) atoms. The van der Waals surface area contributed by atoms with Gasteiger partial charge in [-0.15, -0.1) is 0 Å². The Morgan fingerprint density at radius 2 is 2.13 bits per heavy atom. The molecule has 1 atom stereocenters. The molecule has 0 N–H and O–H groups in total. The van der Waals surface area contributed by atoms with Crippen molar-refractivity contribution >= 4 is 11.7 Å². The third-order valence-electron chi connectivity index (χ3n) is 4.06. The van der Waals surface area contributed by atoms with Crippen molar-refractivity contribution in [3.8, 4) is 0 Å². The van der Waals surface area contributed by atoms with Gasteiger partial charge in [-0.05, 0) is 25.8 Å². The fourth-order valence-electron chi connectivity index (χ4n) is 2.98. The Bertz CT molecular complexity index is 858. The summed E-state index contributed by atoms with van der Waals surface area (Å²) in [6, 6.07) is 1.83. The Morgan fingerprint density at radius 1 is 1.22 bits per heavy atom. The Labute approximate surface area is 132 Å². The van der Waals surface area contributed by atoms with Crippen LogP contribution in [-0.2, 0) is 0 Å². The molecule has 0 aromatic carbocycles. The summed E-state index contributed by atoms with van der Waals surface area (Å²) in [6.45, 7) is 2.54. The van der Waals surface area contributed by atoms with Gasteiger partial charge in [0.25, 0.3) is 11.7 Å². The molecule has 3 aromatic heterocycles. The molecular weight excluding hydrogens is 294 g/mol. The second-order valence-corrected chi connectivity index (χ2v) is 5.54. The summed E-state index contributed by atoms with van der Waals surface area (Å²) in [5.74, 6) is 0.432. The third kappa shape index (κ3) is 2.32. The number of carbonyl (C=O) groups excluding carboxylic acids is 1. The smallest absolute Gasteiger partial charge is 0.274 e. The predicted octanol–water partition coefficient (Wildman–Crippen LogP) is 1.20. The number of aryl methyl sites for hydroxylation is 1. The Kier molecular flexibility index (Phi) is 3.22. The molecule has 1 aliphatic rings. The highest BCUT2D eigenvalue weighted by Crippen LogP contribution is 2.32. The van der Waals surface area contributed by atoms with Crippen LogP contribution in [0.3, 0.4) is 0 Å². The first kappa shape index (κ1) is 13.7. The molecular formula is C15H15N7O. The number of nitrogens with zero attached hydrogens (tertiary/aromatic N) is 7. The highest BCUT2D eigenvalue weighted by molar-refractivity contribution is 5.92. The molecule has 116 valence electrons. The summed E-state index contributed by atoms with van der Waals surface area (Å²) in [7, 11) is 0. The topological polar surface area (TPSA) is 89.2 Å². The summed E-state index contributed by atoms with van der Waals surface area (Å²) < 4.78 is 1.69. The third-order valence-corrected chi connectivity index (χ3v) is 4.06. The number of hydrogen-bond acceptors (Lipinski definition) is 6. The Hall–Kier alpha value is -2.90. The van der Waals surface area contributed by atoms with Gasteiger partial charge in [0.1, 0.15) is 12.0 Å². The molecule has 8 nitrogen and oxygen atoms in total. The second-order valence-electron chi connectivity index (χ2n) is 5.54. The zero-order valence-corrected chi connectivity index (χ0v) is 12.6. The van der Waals surface area contributed by atoms with E-state index in [0.717, 1.165) is 24.2 Å². The molecule has 4 heterocycles. The first-order valence-electron chi connectivity index (χ1n) is 7.48. The van der Waals surface area contributed by atoms with Crippen LogP contribution < -0.4 is 0 Å². The van der Waals surface area contributed by atoms with Gasteiger partial charge in [0.15, 0.2) is 0 Å². The minimum atomic E-state index is -0.106. The lowest BCUT2D eigenvalue weighted by Crippen LogP contribution is -2.32. The predicted molar refractivity (Wildman–Crippen MR) is 80.6 cm³/mol. The molecule has 0 aliphatic carbocycles. The van der Waals surface area contributed by atoms with E-state index in [1.807, 2.05) is 17.9 Å². The van der Waals surface area contributed by atoms with Crippen molar-refractivity contribution in [1.29, 1.82) is 0 Å². The number of fused-ring (bicyclic) bond motifs is 1. The van der Waals surface area contributed by atoms with Crippen LogP contribution in [-0.4, -0.2) is 46.9 Å². The average molecular weight is 309 g/mol. The molecule has 8 heteroatoms. The van der Waals surface area contributed by atoms with Crippen LogP contribution in [0.2, 0.25) is 0 Å². The van der Waals surface area contributed by atoms with Crippen molar-refractivity contribution in [2.45, 2.75) is 25.8 Å². The molecule has 1 amide bonds. The molecule has 0 saturated carbocycles. The van der Waals surface area contributed by atoms with Gasteiger partial charge < -0.3 is 4.90 Å². The van der Waals surface area contributed by atoms with E-state index in [0.29, 0.717) is 18.0 Å². The van der Waals surface area contributed by atoms with E-state index in [1.54, 1.807) is 16.9 Å². The number of carbonyl (C=O) groups is 1. The largest absolute Gasteiger partial charge is 0.329 e. The monoisotopic (exact) mass is 309 g/mol. The molecule has 1 saturated heterocycles. The first-order valence-corrected chi connectivity index (χ1v) is 7.48. The van der Waals surface area contributed by atoms with Crippen molar-refractivity contribution in [2.24, 2.45) is 0 Å². The average Bonchev–Trinajstić information content (AvgIpc) is 3.23. The number of likely N-dealkylation sites (tertiary alicyclic amines) is 1. The molecule has 1 aliphatic heterocycles. The first-order chi connectivity index (χ1) is 11.2. The molecule has 0 bridgehead atoms. The molecule has 1 fully saturated rings. The van der Waals surface area contributed by atoms with Crippen molar-refractivity contribution in [1.82, 2.24) is 34.4 Å². The number of amides is 1. The lowest BCUT2D eigenvalue weighted by Gasteiger charge is -2.24. The molecule has 3 aromatic rings. The van der Waals surface area contributed by atoms with Crippen LogP contribution in [0.25, 0.3) is 5.78 Å². The second kappa shape index (κ2) is 5.38. The Balaban J connectivity index is 1.70. The minimum Gasteiger partial charge on any atom is -0.329 e. The van der Waals surface area contributed by atoms with Gasteiger partial charge in [-0.2, -0.15) is 14.6 Å². The van der Waals surface area contributed by atoms with Crippen LogP contribution in [0.15, 0.2) is 31.0 Å². The lowest BCUT2D eigenvalue weighted by atomic mass is 10.1. The zero-order chi connectivity index (χ0) is 15.8. The lowest BCUT2D eigenvalue weighted by molar-refractivity contribution is 0.0725. The standard InChI is InChI=1S/C15H15N7O/c1-10-7-18-11(8-17-10)14(23)21-6-2-3-12(21)13-4-5-16-15-19-9-20-22(13)15/h4-5,7-9,12H,2-3,6H2,1H3. The summed E-state index contributed by atoms with van der Waals surface area (Å²) in [6.07, 6.45) is 8.13. The number of hydrogen-bond donors (Lipinski definition) is 0. The van der Waals surface area contributed by atoms with Gasteiger partial charge in [0.2, 0.25) is 0 Å². The maximum Gasteiger partial charge on any atom is 0.274 e. The molecule has 0 radical (unpaired) electrons. The van der Waals surface area contributed by atoms with Crippen molar-refractivity contribution in [2.75, 3.05) is 6.54 Å². The van der Waals surface area contributed by atoms with Crippen LogP contribution in [0.1, 0.15) is 40.8 Å². The maximum atomic E-state index is 12.8. The molecule has 0 spiro atoms. The highest BCUT2D eigenvalue weighted by atomic mass is 16.2. The van der Waals surface area contributed by atoms with Crippen LogP contribution in [0.4, 0.5) is 0 Å². The van der Waals surface area contributed by atoms with E-state index < -0.39 is 0 Å². The van der Waals surface area contributed by atoms with Gasteiger partial charge in [0.05, 0.1) is 23.6 Å². The quantitative estimate of drug-likeness (QED) is 0.706. The van der Waals surface area contributed by atoms with Crippen LogP contribution in [0, 0.1) is 6.92 Å². The van der Waals surface area contributed by atoms with E-state index in [2.05, 4.69) is 25.0 Å². The summed E-state index contributed by atoms with van der Waals surface area (Å²) in [5, 5.41) is 4.22. The van der Waals surface area contributed by atoms with Gasteiger partial charge in [-0.3, -0.25) is 9.78 Å². The van der Waals surface area contributed by atoms with E-state index >= 15 is 0 Å². The van der Waals surface area contributed by atoms with E-state index in [4.69, 9.17) is 0 Å². The molecule has 4 rings (SSSR count). The van der Waals surface area contributed by atoms with Crippen molar-refractivity contribution in [3.63, 3.8) is 0 Å². The van der Waals surface area contributed by atoms with E-state index in [9.17, 15) is 4.79 Å². The minimum absolute atomic E-state index is 0.0576. The van der Waals surface area contributed by atoms with Gasteiger partial charge in [-0.1, -0.05) is 0 Å². The molecule has 1 unspecified atom stereocenters. The fourth-order valence-corrected chi connectivity index (χ4v) is 2.98. The van der Waals surface area contributed by atoms with E-state index in [-0.39, 0.29) is 11.9 Å². The van der Waals surface area contributed by atoms with Crippen LogP contribution >= 0.6 is 0 Å². The van der Waals surface area contributed by atoms with Gasteiger partial charge in [-0.25, -0.2) is 9.97 Å². The normalized spacial score (nSPS) is 17.8. The summed E-state index contributed by atoms with van der Waals surface area (Å²) >= 11 is 0. The number of rotatable bonds is 2. The Morgan fingerprint density at radius 3 is 2.96 bits per heavy atom. The fraction of sp³-hybridized carbons (Fsp3) is 0.333. The van der Waals surface area contributed by atoms with Crippen molar-refractivity contribution in [3.05, 3.63) is 48.1 Å². The maximum absolute atomic E-state index is 12.8. The zero-order valence-electron chi connectivity index (χ0n) is 12.6. The summed E-state index contributed by atoms with van der Waals surface area (Å²) in [5.41, 5.74) is 2.07. The van der Waals surface area contributed by atoms with E-state index in [1.165, 1.54) is 12.5 Å². The van der Waals surface area contributed by atoms with Gasteiger partial charge in [0, 0.05) is 18.9 Å². The van der Waals surface area contributed by atoms with Gasteiger partial charge >= 0.3 is 0 Å². The number of aromatic nitrogens is 6. The van der Waals surface area contributed by atoms with Crippen LogP contribution in [0.5, 0.6) is 0 Å². The highest BCUT2D eigenvalue weighted by Gasteiger charge is 2.33. The summed E-state index contributed by atoms with van der Waals surface area (Å²) in [4.78, 5) is 31.3.